The van der Waals surface area contributed by atoms with Crippen LogP contribution in [0.5, 0.6) is 5.75 Å². The third-order valence-electron chi connectivity index (χ3n) is 2.38. The fourth-order valence-electron chi connectivity index (χ4n) is 1.56. The van der Waals surface area contributed by atoms with Crippen LogP contribution in [0.1, 0.15) is 19.5 Å². The molecule has 0 aliphatic heterocycles. The van der Waals surface area contributed by atoms with Gasteiger partial charge in [-0.1, -0.05) is 12.1 Å². The number of hydrogen-bond acceptors (Lipinski definition) is 5. The van der Waals surface area contributed by atoms with Crippen LogP contribution in [0.3, 0.4) is 0 Å². The summed E-state index contributed by atoms with van der Waals surface area (Å²) in [5, 5.41) is 9.22. The first-order valence-corrected chi connectivity index (χ1v) is 6.02. The molecule has 1 aromatic heterocycles. The smallest absolute Gasteiger partial charge is 0.363 e. The summed E-state index contributed by atoms with van der Waals surface area (Å²) in [7, 11) is 0. The SMILES string of the molecule is Cc1n[nH]c(=O)nc1Nc1ccccc1OC(C)C. The normalized spacial score (nSPS) is 10.5. The van der Waals surface area contributed by atoms with Gasteiger partial charge in [0.25, 0.3) is 0 Å². The Balaban J connectivity index is 2.32. The second-order valence-corrected chi connectivity index (χ2v) is 4.36. The van der Waals surface area contributed by atoms with E-state index in [9.17, 15) is 4.79 Å². The van der Waals surface area contributed by atoms with Crippen molar-refractivity contribution in [3.8, 4) is 5.75 Å². The summed E-state index contributed by atoms with van der Waals surface area (Å²) in [6.07, 6.45) is 0.0642. The Hall–Kier alpha value is -2.37. The molecule has 2 rings (SSSR count). The average Bonchev–Trinajstić information content (AvgIpc) is 2.35. The summed E-state index contributed by atoms with van der Waals surface area (Å²) in [6, 6.07) is 7.49. The zero-order valence-corrected chi connectivity index (χ0v) is 11.1. The van der Waals surface area contributed by atoms with Gasteiger partial charge in [0.1, 0.15) is 11.4 Å². The van der Waals surface area contributed by atoms with Gasteiger partial charge in [0.2, 0.25) is 0 Å². The van der Waals surface area contributed by atoms with Crippen LogP contribution in [0.25, 0.3) is 0 Å². The number of hydrogen-bond donors (Lipinski definition) is 2. The van der Waals surface area contributed by atoms with Gasteiger partial charge in [-0.05, 0) is 32.9 Å². The number of aromatic amines is 1. The van der Waals surface area contributed by atoms with Crippen molar-refractivity contribution < 1.29 is 4.74 Å². The summed E-state index contributed by atoms with van der Waals surface area (Å²) in [5.41, 5.74) is 0.869. The number of nitrogens with one attached hydrogen (secondary N) is 2. The molecule has 0 radical (unpaired) electrons. The van der Waals surface area contributed by atoms with Crippen molar-refractivity contribution in [1.29, 1.82) is 0 Å². The quantitative estimate of drug-likeness (QED) is 0.879. The van der Waals surface area contributed by atoms with Crippen molar-refractivity contribution in [3.63, 3.8) is 0 Å². The minimum Gasteiger partial charge on any atom is -0.489 e. The molecule has 0 saturated heterocycles. The van der Waals surface area contributed by atoms with Crippen LogP contribution in [0, 0.1) is 6.92 Å². The van der Waals surface area contributed by atoms with Crippen molar-refractivity contribution in [2.24, 2.45) is 0 Å². The molecule has 19 heavy (non-hydrogen) atoms. The van der Waals surface area contributed by atoms with E-state index in [1.54, 1.807) is 6.92 Å². The Morgan fingerprint density at radius 1 is 1.32 bits per heavy atom. The van der Waals surface area contributed by atoms with E-state index in [0.717, 1.165) is 5.69 Å². The average molecular weight is 260 g/mol. The van der Waals surface area contributed by atoms with Crippen LogP contribution < -0.4 is 15.7 Å². The van der Waals surface area contributed by atoms with Crippen molar-refractivity contribution in [2.75, 3.05) is 5.32 Å². The number of rotatable bonds is 4. The zero-order valence-electron chi connectivity index (χ0n) is 11.1. The maximum atomic E-state index is 11.2. The van der Waals surface area contributed by atoms with Crippen LogP contribution in [0.15, 0.2) is 29.1 Å². The first-order valence-electron chi connectivity index (χ1n) is 6.02. The van der Waals surface area contributed by atoms with Crippen molar-refractivity contribution in [3.05, 3.63) is 40.4 Å². The Morgan fingerprint density at radius 2 is 2.05 bits per heavy atom. The summed E-state index contributed by atoms with van der Waals surface area (Å²) in [5.74, 6) is 1.13. The van der Waals surface area contributed by atoms with Crippen molar-refractivity contribution in [1.82, 2.24) is 15.2 Å². The van der Waals surface area contributed by atoms with E-state index in [1.165, 1.54) is 0 Å². The van der Waals surface area contributed by atoms with E-state index in [0.29, 0.717) is 17.3 Å². The fraction of sp³-hybridized carbons (Fsp3) is 0.308. The number of nitrogens with zero attached hydrogens (tertiary/aromatic N) is 2. The van der Waals surface area contributed by atoms with Gasteiger partial charge in [-0.2, -0.15) is 10.1 Å². The van der Waals surface area contributed by atoms with E-state index in [2.05, 4.69) is 20.5 Å². The lowest BCUT2D eigenvalue weighted by atomic mass is 10.3. The van der Waals surface area contributed by atoms with Gasteiger partial charge in [-0.15, -0.1) is 0 Å². The third-order valence-corrected chi connectivity index (χ3v) is 2.38. The zero-order chi connectivity index (χ0) is 13.8. The van der Waals surface area contributed by atoms with E-state index in [1.807, 2.05) is 38.1 Å². The molecule has 0 saturated carbocycles. The molecule has 1 heterocycles. The van der Waals surface area contributed by atoms with Gasteiger partial charge in [0.15, 0.2) is 5.82 Å². The number of para-hydroxylation sites is 2. The van der Waals surface area contributed by atoms with E-state index >= 15 is 0 Å². The Morgan fingerprint density at radius 3 is 2.79 bits per heavy atom. The summed E-state index contributed by atoms with van der Waals surface area (Å²) in [4.78, 5) is 15.0. The highest BCUT2D eigenvalue weighted by molar-refractivity contribution is 5.64. The number of ether oxygens (including phenoxy) is 1. The highest BCUT2D eigenvalue weighted by atomic mass is 16.5. The van der Waals surface area contributed by atoms with Crippen molar-refractivity contribution in [2.45, 2.75) is 26.9 Å². The summed E-state index contributed by atoms with van der Waals surface area (Å²) in [6.45, 7) is 5.67. The molecule has 0 unspecified atom stereocenters. The van der Waals surface area contributed by atoms with Crippen molar-refractivity contribution >= 4 is 11.5 Å². The lowest BCUT2D eigenvalue weighted by molar-refractivity contribution is 0.244. The summed E-state index contributed by atoms with van der Waals surface area (Å²) >= 11 is 0. The van der Waals surface area contributed by atoms with Crippen LogP contribution in [-0.4, -0.2) is 21.3 Å². The Bertz CT molecular complexity index is 622. The van der Waals surface area contributed by atoms with Crippen LogP contribution >= 0.6 is 0 Å². The molecule has 0 bridgehead atoms. The van der Waals surface area contributed by atoms with E-state index < -0.39 is 5.69 Å². The number of anilines is 2. The monoisotopic (exact) mass is 260 g/mol. The molecule has 6 nitrogen and oxygen atoms in total. The van der Waals surface area contributed by atoms with Gasteiger partial charge in [-0.25, -0.2) is 9.89 Å². The number of H-pyrrole nitrogens is 1. The molecule has 6 heteroatoms. The largest absolute Gasteiger partial charge is 0.489 e. The third kappa shape index (κ3) is 3.31. The number of aryl methyl sites for hydroxylation is 1. The molecule has 0 atom stereocenters. The maximum absolute atomic E-state index is 11.2. The van der Waals surface area contributed by atoms with Gasteiger partial charge in [0, 0.05) is 0 Å². The van der Waals surface area contributed by atoms with E-state index in [-0.39, 0.29) is 6.10 Å². The number of benzene rings is 1. The highest BCUT2D eigenvalue weighted by Gasteiger charge is 2.08. The molecule has 0 aliphatic rings. The van der Waals surface area contributed by atoms with Gasteiger partial charge in [0.05, 0.1) is 11.8 Å². The molecular weight excluding hydrogens is 244 g/mol. The molecule has 0 spiro atoms. The second kappa shape index (κ2) is 5.51. The minimum atomic E-state index is -0.490. The Labute approximate surface area is 110 Å². The van der Waals surface area contributed by atoms with Crippen LogP contribution in [0.4, 0.5) is 11.5 Å². The van der Waals surface area contributed by atoms with Gasteiger partial charge in [-0.3, -0.25) is 0 Å². The molecule has 0 fully saturated rings. The predicted molar refractivity (Wildman–Crippen MR) is 72.9 cm³/mol. The summed E-state index contributed by atoms with van der Waals surface area (Å²) < 4.78 is 5.69. The van der Waals surface area contributed by atoms with Crippen LogP contribution in [0.2, 0.25) is 0 Å². The second-order valence-electron chi connectivity index (χ2n) is 4.36. The first-order chi connectivity index (χ1) is 9.06. The lowest BCUT2D eigenvalue weighted by Crippen LogP contribution is -2.16. The molecule has 2 N–H and O–H groups in total. The number of aromatic nitrogens is 3. The van der Waals surface area contributed by atoms with Crippen LogP contribution in [-0.2, 0) is 0 Å². The Kier molecular flexibility index (Phi) is 3.79. The maximum Gasteiger partial charge on any atom is 0.363 e. The van der Waals surface area contributed by atoms with E-state index in [4.69, 9.17) is 4.74 Å². The lowest BCUT2D eigenvalue weighted by Gasteiger charge is -2.15. The predicted octanol–water partition coefficient (Wildman–Crippen LogP) is 2.00. The molecule has 0 amide bonds. The molecule has 2 aromatic rings. The molecule has 1 aromatic carbocycles. The topological polar surface area (TPSA) is 79.9 Å². The standard InChI is InChI=1S/C13H16N4O2/c1-8(2)19-11-7-5-4-6-10(11)14-12-9(3)16-17-13(18)15-12/h4-8H,1-3H3,(H2,14,15,17,18). The van der Waals surface area contributed by atoms with Gasteiger partial charge >= 0.3 is 5.69 Å². The highest BCUT2D eigenvalue weighted by Crippen LogP contribution is 2.27. The van der Waals surface area contributed by atoms with Gasteiger partial charge < -0.3 is 10.1 Å². The molecular formula is C13H16N4O2. The first kappa shape index (κ1) is 13.1. The molecule has 0 aliphatic carbocycles. The molecule has 100 valence electrons. The fourth-order valence-corrected chi connectivity index (χ4v) is 1.56. The minimum absolute atomic E-state index is 0.0642.